The first-order chi connectivity index (χ1) is 6.62. The molecule has 0 atom stereocenters. The summed E-state index contributed by atoms with van der Waals surface area (Å²) < 4.78 is 43.0. The molecule has 0 saturated carbocycles. The lowest BCUT2D eigenvalue weighted by Crippen LogP contribution is -2.35. The van der Waals surface area contributed by atoms with Crippen molar-refractivity contribution < 1.29 is 17.9 Å². The third kappa shape index (κ3) is 2.36. The van der Waals surface area contributed by atoms with Gasteiger partial charge in [-0.3, -0.25) is 0 Å². The minimum atomic E-state index is -4.31. The van der Waals surface area contributed by atoms with E-state index in [4.69, 9.17) is 4.74 Å². The van der Waals surface area contributed by atoms with E-state index in [-0.39, 0.29) is 11.2 Å². The highest BCUT2D eigenvalue weighted by Gasteiger charge is 2.51. The number of hydrogen-bond acceptors (Lipinski definition) is 1. The summed E-state index contributed by atoms with van der Waals surface area (Å²) in [5.74, 6) is -0.0394. The molecular formula is C11H15F3O. The molecule has 0 radical (unpaired) electrons. The molecule has 0 N–H and O–H groups in total. The van der Waals surface area contributed by atoms with Crippen LogP contribution in [0.2, 0.25) is 0 Å². The van der Waals surface area contributed by atoms with E-state index in [1.54, 1.807) is 0 Å². The van der Waals surface area contributed by atoms with Crippen molar-refractivity contribution in [1.29, 1.82) is 0 Å². The average Bonchev–Trinajstić information content (AvgIpc) is 2.78. The number of halogens is 3. The maximum atomic E-state index is 12.7. The molecule has 86 valence electrons. The van der Waals surface area contributed by atoms with E-state index in [0.29, 0.717) is 0 Å². The molecule has 0 aromatic rings. The van der Waals surface area contributed by atoms with Crippen molar-refractivity contribution >= 4 is 0 Å². The maximum absolute atomic E-state index is 12.7. The van der Waals surface area contributed by atoms with Crippen LogP contribution in [0.4, 0.5) is 13.2 Å². The Morgan fingerprint density at radius 1 is 1.27 bits per heavy atom. The Morgan fingerprint density at radius 2 is 1.73 bits per heavy atom. The van der Waals surface area contributed by atoms with E-state index in [1.807, 2.05) is 19.1 Å². The lowest BCUT2D eigenvalue weighted by atomic mass is 9.87. The normalized spacial score (nSPS) is 20.3. The minimum absolute atomic E-state index is 0.0394. The standard InChI is InChI=1S/C11H15F3O/c1-9(2,11(12,13)14)8(15-4)7-10(3)5-6-10/h5-7H,1-4H3/b8-7-. The zero-order chi connectivity index (χ0) is 11.9. The smallest absolute Gasteiger partial charge is 0.400 e. The van der Waals surface area contributed by atoms with Crippen molar-refractivity contribution in [2.24, 2.45) is 10.8 Å². The van der Waals surface area contributed by atoms with Crippen LogP contribution in [0.15, 0.2) is 24.0 Å². The molecule has 0 unspecified atom stereocenters. The zero-order valence-electron chi connectivity index (χ0n) is 9.27. The summed E-state index contributed by atoms with van der Waals surface area (Å²) in [6.45, 7) is 4.07. The van der Waals surface area contributed by atoms with Crippen LogP contribution in [0.5, 0.6) is 0 Å². The summed E-state index contributed by atoms with van der Waals surface area (Å²) >= 11 is 0. The molecule has 1 aliphatic rings. The van der Waals surface area contributed by atoms with Gasteiger partial charge < -0.3 is 4.74 Å². The van der Waals surface area contributed by atoms with E-state index >= 15 is 0 Å². The summed E-state index contributed by atoms with van der Waals surface area (Å²) in [6, 6.07) is 0. The highest BCUT2D eigenvalue weighted by Crippen LogP contribution is 2.47. The molecular weight excluding hydrogens is 205 g/mol. The Bertz CT molecular complexity index is 304. The lowest BCUT2D eigenvalue weighted by molar-refractivity contribution is -0.208. The second-order valence-electron chi connectivity index (χ2n) is 4.53. The van der Waals surface area contributed by atoms with Crippen LogP contribution in [0.1, 0.15) is 20.8 Å². The number of methoxy groups -OCH3 is 1. The molecule has 1 rings (SSSR count). The van der Waals surface area contributed by atoms with Crippen LogP contribution in [0.3, 0.4) is 0 Å². The number of rotatable bonds is 3. The van der Waals surface area contributed by atoms with Gasteiger partial charge in [-0.15, -0.1) is 0 Å². The van der Waals surface area contributed by atoms with Crippen molar-refractivity contribution in [3.63, 3.8) is 0 Å². The van der Waals surface area contributed by atoms with Gasteiger partial charge >= 0.3 is 6.18 Å². The van der Waals surface area contributed by atoms with Gasteiger partial charge in [-0.25, -0.2) is 0 Å². The van der Waals surface area contributed by atoms with Gasteiger partial charge in [0.25, 0.3) is 0 Å². The molecule has 0 bridgehead atoms. The summed E-state index contributed by atoms with van der Waals surface area (Å²) in [4.78, 5) is 0. The second kappa shape index (κ2) is 3.29. The quantitative estimate of drug-likeness (QED) is 0.520. The second-order valence-corrected chi connectivity index (χ2v) is 4.53. The minimum Gasteiger partial charge on any atom is -0.500 e. The Balaban J connectivity index is 2.97. The third-order valence-corrected chi connectivity index (χ3v) is 2.68. The third-order valence-electron chi connectivity index (χ3n) is 2.68. The topological polar surface area (TPSA) is 9.23 Å². The largest absolute Gasteiger partial charge is 0.500 e. The van der Waals surface area contributed by atoms with Gasteiger partial charge in [-0.2, -0.15) is 13.2 Å². The predicted octanol–water partition coefficient (Wildman–Crippen LogP) is 3.68. The molecule has 0 spiro atoms. The first-order valence-corrected chi connectivity index (χ1v) is 4.67. The predicted molar refractivity (Wildman–Crippen MR) is 52.2 cm³/mol. The van der Waals surface area contributed by atoms with Crippen LogP contribution in [0.25, 0.3) is 0 Å². The fourth-order valence-electron chi connectivity index (χ4n) is 1.14. The molecule has 0 aromatic carbocycles. The lowest BCUT2D eigenvalue weighted by Gasteiger charge is -2.30. The molecule has 0 saturated heterocycles. The van der Waals surface area contributed by atoms with E-state index in [1.165, 1.54) is 13.2 Å². The van der Waals surface area contributed by atoms with Gasteiger partial charge in [0.2, 0.25) is 0 Å². The van der Waals surface area contributed by atoms with E-state index in [0.717, 1.165) is 13.8 Å². The van der Waals surface area contributed by atoms with Gasteiger partial charge in [0.05, 0.1) is 7.11 Å². The van der Waals surface area contributed by atoms with Crippen LogP contribution >= 0.6 is 0 Å². The van der Waals surface area contributed by atoms with Crippen molar-refractivity contribution in [3.8, 4) is 0 Å². The van der Waals surface area contributed by atoms with Gasteiger partial charge in [-0.1, -0.05) is 12.2 Å². The van der Waals surface area contributed by atoms with Gasteiger partial charge in [0, 0.05) is 5.41 Å². The Hall–Kier alpha value is -0.930. The Labute approximate surface area is 87.6 Å². The SMILES string of the molecule is CO/C(=C\C1(C)C=C1)C(C)(C)C(F)(F)F. The fraction of sp³-hybridized carbons (Fsp3) is 0.636. The molecule has 4 heteroatoms. The van der Waals surface area contributed by atoms with Crippen molar-refractivity contribution in [1.82, 2.24) is 0 Å². The van der Waals surface area contributed by atoms with Gasteiger partial charge in [0.1, 0.15) is 11.2 Å². The number of hydrogen-bond donors (Lipinski definition) is 0. The Morgan fingerprint density at radius 3 is 2.00 bits per heavy atom. The molecule has 0 heterocycles. The average molecular weight is 220 g/mol. The highest BCUT2D eigenvalue weighted by molar-refractivity contribution is 5.34. The summed E-state index contributed by atoms with van der Waals surface area (Å²) in [5, 5.41) is 0. The Kier molecular flexibility index (Phi) is 2.66. The molecule has 0 aromatic heterocycles. The first kappa shape index (κ1) is 12.1. The highest BCUT2D eigenvalue weighted by atomic mass is 19.4. The summed E-state index contributed by atoms with van der Waals surface area (Å²) in [5.41, 5.74) is -2.29. The monoisotopic (exact) mass is 220 g/mol. The van der Waals surface area contributed by atoms with Crippen LogP contribution in [0, 0.1) is 10.8 Å². The summed E-state index contributed by atoms with van der Waals surface area (Å²) in [7, 11) is 1.27. The summed E-state index contributed by atoms with van der Waals surface area (Å²) in [6.07, 6.45) is 0.873. The maximum Gasteiger partial charge on any atom is 0.400 e. The fourth-order valence-corrected chi connectivity index (χ4v) is 1.14. The molecule has 15 heavy (non-hydrogen) atoms. The molecule has 0 fully saturated rings. The van der Waals surface area contributed by atoms with E-state index in [9.17, 15) is 13.2 Å². The molecule has 1 nitrogen and oxygen atoms in total. The van der Waals surface area contributed by atoms with Crippen LogP contribution in [-0.4, -0.2) is 13.3 Å². The molecule has 0 amide bonds. The van der Waals surface area contributed by atoms with Crippen molar-refractivity contribution in [3.05, 3.63) is 24.0 Å². The van der Waals surface area contributed by atoms with Crippen molar-refractivity contribution in [2.75, 3.05) is 7.11 Å². The number of alkyl halides is 3. The van der Waals surface area contributed by atoms with Crippen LogP contribution in [-0.2, 0) is 4.74 Å². The van der Waals surface area contributed by atoms with Crippen molar-refractivity contribution in [2.45, 2.75) is 26.9 Å². The number of allylic oxidation sites excluding steroid dienone is 4. The van der Waals surface area contributed by atoms with E-state index < -0.39 is 11.6 Å². The first-order valence-electron chi connectivity index (χ1n) is 4.67. The van der Waals surface area contributed by atoms with E-state index in [2.05, 4.69) is 0 Å². The molecule has 1 aliphatic carbocycles. The van der Waals surface area contributed by atoms with Crippen LogP contribution < -0.4 is 0 Å². The number of ether oxygens (including phenoxy) is 1. The van der Waals surface area contributed by atoms with Gasteiger partial charge in [0.15, 0.2) is 0 Å². The molecule has 0 aliphatic heterocycles. The van der Waals surface area contributed by atoms with Gasteiger partial charge in [-0.05, 0) is 26.8 Å². The zero-order valence-corrected chi connectivity index (χ0v) is 9.27.